The number of aromatic amines is 2. The zero-order valence-corrected chi connectivity index (χ0v) is 10.5. The molecule has 2 rings (SSSR count). The van der Waals surface area contributed by atoms with Gasteiger partial charge in [0.1, 0.15) is 5.76 Å². The molecule has 0 aliphatic carbocycles. The van der Waals surface area contributed by atoms with Crippen LogP contribution in [-0.2, 0) is 4.79 Å². The van der Waals surface area contributed by atoms with Gasteiger partial charge in [-0.2, -0.15) is 5.10 Å². The van der Waals surface area contributed by atoms with Crippen LogP contribution >= 0.6 is 11.8 Å². The SMILES string of the molecule is Cc1cc(NC(=O)CSc2n[nH]c(=O)[nH]c2=O)no1. The van der Waals surface area contributed by atoms with Crippen molar-refractivity contribution < 1.29 is 9.32 Å². The molecule has 0 atom stereocenters. The van der Waals surface area contributed by atoms with E-state index in [1.54, 1.807) is 13.0 Å². The van der Waals surface area contributed by atoms with Crippen LogP contribution in [0.15, 0.2) is 25.2 Å². The van der Waals surface area contributed by atoms with Crippen molar-refractivity contribution in [1.29, 1.82) is 0 Å². The minimum Gasteiger partial charge on any atom is -0.360 e. The molecule has 0 bridgehead atoms. The summed E-state index contributed by atoms with van der Waals surface area (Å²) in [5, 5.41) is 11.7. The average molecular weight is 283 g/mol. The first-order chi connectivity index (χ1) is 9.04. The molecule has 1 amide bonds. The maximum absolute atomic E-state index is 11.5. The molecule has 0 spiro atoms. The van der Waals surface area contributed by atoms with Crippen molar-refractivity contribution in [3.05, 3.63) is 32.7 Å². The zero-order chi connectivity index (χ0) is 13.8. The number of rotatable bonds is 4. The van der Waals surface area contributed by atoms with Crippen LogP contribution in [-0.4, -0.2) is 32.0 Å². The molecule has 2 heterocycles. The topological polar surface area (TPSA) is 134 Å². The van der Waals surface area contributed by atoms with Crippen LogP contribution in [0.5, 0.6) is 0 Å². The summed E-state index contributed by atoms with van der Waals surface area (Å²) in [6.45, 7) is 1.70. The lowest BCUT2D eigenvalue weighted by molar-refractivity contribution is -0.113. The predicted molar refractivity (Wildman–Crippen MR) is 66.1 cm³/mol. The summed E-state index contributed by atoms with van der Waals surface area (Å²) in [5.41, 5.74) is -1.34. The van der Waals surface area contributed by atoms with Gasteiger partial charge >= 0.3 is 5.69 Å². The van der Waals surface area contributed by atoms with Gasteiger partial charge in [0, 0.05) is 6.07 Å². The predicted octanol–water partition coefficient (Wildman–Crippen LogP) is -0.515. The molecule has 0 unspecified atom stereocenters. The largest absolute Gasteiger partial charge is 0.360 e. The fourth-order valence-electron chi connectivity index (χ4n) is 1.17. The number of hydrogen-bond acceptors (Lipinski definition) is 7. The van der Waals surface area contributed by atoms with Crippen LogP contribution in [0.2, 0.25) is 0 Å². The Hall–Kier alpha value is -2.36. The normalized spacial score (nSPS) is 10.4. The molecule has 19 heavy (non-hydrogen) atoms. The second kappa shape index (κ2) is 5.52. The summed E-state index contributed by atoms with van der Waals surface area (Å²) in [7, 11) is 0. The van der Waals surface area contributed by atoms with E-state index < -0.39 is 11.2 Å². The summed E-state index contributed by atoms with van der Waals surface area (Å²) in [6, 6.07) is 1.56. The van der Waals surface area contributed by atoms with Crippen molar-refractivity contribution in [2.45, 2.75) is 11.9 Å². The van der Waals surface area contributed by atoms with E-state index in [0.29, 0.717) is 11.6 Å². The van der Waals surface area contributed by atoms with Crippen LogP contribution in [0, 0.1) is 6.92 Å². The minimum absolute atomic E-state index is 0.00563. The average Bonchev–Trinajstić information content (AvgIpc) is 2.73. The standard InChI is InChI=1S/C9H9N5O4S/c1-4-2-5(14-18-4)10-6(15)3-19-8-7(16)11-9(17)13-12-8/h2H,3H2,1H3,(H,10,14,15)(H2,11,13,16,17). The lowest BCUT2D eigenvalue weighted by Gasteiger charge is -1.99. The number of nitrogens with zero attached hydrogens (tertiary/aromatic N) is 2. The highest BCUT2D eigenvalue weighted by molar-refractivity contribution is 7.99. The van der Waals surface area contributed by atoms with Crippen LogP contribution in [0.4, 0.5) is 5.82 Å². The van der Waals surface area contributed by atoms with E-state index in [9.17, 15) is 14.4 Å². The first-order valence-electron chi connectivity index (χ1n) is 5.09. The van der Waals surface area contributed by atoms with Crippen molar-refractivity contribution >= 4 is 23.5 Å². The van der Waals surface area contributed by atoms with Crippen molar-refractivity contribution in [2.75, 3.05) is 11.1 Å². The maximum Gasteiger partial charge on any atom is 0.342 e. The number of anilines is 1. The smallest absolute Gasteiger partial charge is 0.342 e. The van der Waals surface area contributed by atoms with Gasteiger partial charge < -0.3 is 9.84 Å². The van der Waals surface area contributed by atoms with Gasteiger partial charge in [-0.05, 0) is 6.92 Å². The molecular formula is C9H9N5O4S. The van der Waals surface area contributed by atoms with E-state index >= 15 is 0 Å². The Balaban J connectivity index is 1.93. The Labute approximate surface area is 109 Å². The number of carbonyl (C=O) groups is 1. The Morgan fingerprint density at radius 3 is 2.95 bits per heavy atom. The van der Waals surface area contributed by atoms with Crippen LogP contribution in [0.25, 0.3) is 0 Å². The Bertz CT molecular complexity index is 703. The van der Waals surface area contributed by atoms with E-state index in [0.717, 1.165) is 11.8 Å². The lowest BCUT2D eigenvalue weighted by Crippen LogP contribution is -2.25. The highest BCUT2D eigenvalue weighted by atomic mass is 32.2. The van der Waals surface area contributed by atoms with E-state index in [1.165, 1.54) is 0 Å². The van der Waals surface area contributed by atoms with Gasteiger partial charge in [-0.1, -0.05) is 16.9 Å². The number of aromatic nitrogens is 4. The molecule has 2 aromatic rings. The molecular weight excluding hydrogens is 274 g/mol. The number of aryl methyl sites for hydroxylation is 1. The molecule has 10 heteroatoms. The van der Waals surface area contributed by atoms with Crippen molar-refractivity contribution in [2.24, 2.45) is 0 Å². The first kappa shape index (κ1) is 13.1. The second-order valence-electron chi connectivity index (χ2n) is 3.47. The minimum atomic E-state index is -0.697. The molecule has 0 fully saturated rings. The number of thioether (sulfide) groups is 1. The summed E-state index contributed by atoms with van der Waals surface area (Å²) in [6.07, 6.45) is 0. The molecule has 9 nitrogen and oxygen atoms in total. The van der Waals surface area contributed by atoms with Gasteiger partial charge in [0.25, 0.3) is 5.56 Å². The van der Waals surface area contributed by atoms with E-state index in [2.05, 4.69) is 20.7 Å². The Morgan fingerprint density at radius 1 is 1.53 bits per heavy atom. The fourth-order valence-corrected chi connectivity index (χ4v) is 1.81. The van der Waals surface area contributed by atoms with Gasteiger partial charge in [-0.25, -0.2) is 9.89 Å². The van der Waals surface area contributed by atoms with Crippen molar-refractivity contribution in [1.82, 2.24) is 20.3 Å². The quantitative estimate of drug-likeness (QED) is 0.643. The third-order valence-electron chi connectivity index (χ3n) is 1.92. The number of H-pyrrole nitrogens is 2. The second-order valence-corrected chi connectivity index (χ2v) is 4.44. The number of nitrogens with one attached hydrogen (secondary N) is 3. The molecule has 0 aliphatic rings. The number of carbonyl (C=O) groups excluding carboxylic acids is 1. The van der Waals surface area contributed by atoms with Crippen LogP contribution < -0.4 is 16.6 Å². The molecule has 0 radical (unpaired) electrons. The van der Waals surface area contributed by atoms with Gasteiger partial charge in [-0.15, -0.1) is 0 Å². The van der Waals surface area contributed by atoms with Crippen LogP contribution in [0.3, 0.4) is 0 Å². The molecule has 2 aromatic heterocycles. The number of hydrogen-bond donors (Lipinski definition) is 3. The third kappa shape index (κ3) is 3.55. The highest BCUT2D eigenvalue weighted by Crippen LogP contribution is 2.11. The summed E-state index contributed by atoms with van der Waals surface area (Å²) in [5.74, 6) is 0.451. The summed E-state index contributed by atoms with van der Waals surface area (Å²) >= 11 is 0.894. The third-order valence-corrected chi connectivity index (χ3v) is 2.87. The molecule has 3 N–H and O–H groups in total. The monoisotopic (exact) mass is 283 g/mol. The molecule has 0 saturated carbocycles. The zero-order valence-electron chi connectivity index (χ0n) is 9.72. The lowest BCUT2D eigenvalue weighted by atomic mass is 10.5. The van der Waals surface area contributed by atoms with Gasteiger partial charge in [0.05, 0.1) is 5.75 Å². The number of amides is 1. The molecule has 0 aliphatic heterocycles. The van der Waals surface area contributed by atoms with Crippen LogP contribution in [0.1, 0.15) is 5.76 Å². The Kier molecular flexibility index (Phi) is 3.80. The molecule has 0 saturated heterocycles. The van der Waals surface area contributed by atoms with Crippen molar-refractivity contribution in [3.8, 4) is 0 Å². The highest BCUT2D eigenvalue weighted by Gasteiger charge is 2.09. The van der Waals surface area contributed by atoms with E-state index in [-0.39, 0.29) is 16.7 Å². The van der Waals surface area contributed by atoms with Crippen molar-refractivity contribution in [3.63, 3.8) is 0 Å². The molecule has 100 valence electrons. The molecule has 0 aromatic carbocycles. The summed E-state index contributed by atoms with van der Waals surface area (Å²) < 4.78 is 4.78. The fraction of sp³-hybridized carbons (Fsp3) is 0.222. The van der Waals surface area contributed by atoms with Gasteiger partial charge in [-0.3, -0.25) is 14.6 Å². The van der Waals surface area contributed by atoms with Gasteiger partial charge in [0.2, 0.25) is 5.91 Å². The Morgan fingerprint density at radius 2 is 2.32 bits per heavy atom. The van der Waals surface area contributed by atoms with E-state index in [4.69, 9.17) is 4.52 Å². The maximum atomic E-state index is 11.5. The summed E-state index contributed by atoms with van der Waals surface area (Å²) in [4.78, 5) is 35.6. The van der Waals surface area contributed by atoms with Gasteiger partial charge in [0.15, 0.2) is 10.8 Å². The van der Waals surface area contributed by atoms with E-state index in [1.807, 2.05) is 4.98 Å². The first-order valence-corrected chi connectivity index (χ1v) is 6.08.